The second-order valence-corrected chi connectivity index (χ2v) is 3.20. The van der Waals surface area contributed by atoms with E-state index < -0.39 is 0 Å². The van der Waals surface area contributed by atoms with E-state index in [4.69, 9.17) is 10.00 Å². The van der Waals surface area contributed by atoms with Gasteiger partial charge in [-0.15, -0.1) is 0 Å². The van der Waals surface area contributed by atoms with E-state index in [2.05, 4.69) is 5.32 Å². The van der Waals surface area contributed by atoms with E-state index >= 15 is 0 Å². The quantitative estimate of drug-likeness (QED) is 0.581. The molecule has 1 amide bonds. The summed E-state index contributed by atoms with van der Waals surface area (Å²) in [5, 5.41) is 10.7. The summed E-state index contributed by atoms with van der Waals surface area (Å²) in [6.45, 7) is 0.572. The largest absolute Gasteiger partial charge is 0.494 e. The molecule has 0 aliphatic rings. The molecule has 0 fully saturated rings. The topological polar surface area (TPSA) is 62.1 Å². The highest BCUT2D eigenvalue weighted by Crippen LogP contribution is 2.08. The van der Waals surface area contributed by atoms with Crippen LogP contribution in [-0.4, -0.2) is 19.1 Å². The van der Waals surface area contributed by atoms with Gasteiger partial charge in [0.05, 0.1) is 12.7 Å². The summed E-state index contributed by atoms with van der Waals surface area (Å²) in [5.41, 5.74) is 0. The Morgan fingerprint density at radius 2 is 2.12 bits per heavy atom. The lowest BCUT2D eigenvalue weighted by Gasteiger charge is -2.05. The molecule has 0 aliphatic carbocycles. The monoisotopic (exact) mass is 218 g/mol. The zero-order valence-corrected chi connectivity index (χ0v) is 8.98. The van der Waals surface area contributed by atoms with E-state index in [1.165, 1.54) is 0 Å². The highest BCUT2D eigenvalue weighted by atomic mass is 16.5. The normalized spacial score (nSPS) is 9.19. The maximum Gasteiger partial charge on any atom is 0.220 e. The molecule has 0 aliphatic heterocycles. The molecule has 0 atom stereocenters. The van der Waals surface area contributed by atoms with E-state index in [0.717, 1.165) is 5.75 Å². The molecule has 0 bridgehead atoms. The molecule has 0 heterocycles. The lowest BCUT2D eigenvalue weighted by Crippen LogP contribution is -2.23. The molecule has 0 saturated heterocycles. The average molecular weight is 218 g/mol. The van der Waals surface area contributed by atoms with Gasteiger partial charge < -0.3 is 10.1 Å². The van der Waals surface area contributed by atoms with Crippen LogP contribution in [-0.2, 0) is 4.79 Å². The molecule has 1 N–H and O–H groups in total. The van der Waals surface area contributed by atoms with Crippen molar-refractivity contribution in [1.82, 2.24) is 5.32 Å². The van der Waals surface area contributed by atoms with Crippen LogP contribution in [0.2, 0.25) is 0 Å². The number of carbonyl (C=O) groups is 1. The van der Waals surface area contributed by atoms with Crippen LogP contribution in [0.5, 0.6) is 5.75 Å². The maximum absolute atomic E-state index is 11.1. The first-order valence-electron chi connectivity index (χ1n) is 5.14. The predicted molar refractivity (Wildman–Crippen MR) is 59.8 cm³/mol. The summed E-state index contributed by atoms with van der Waals surface area (Å²) in [7, 11) is 0. The minimum absolute atomic E-state index is 0.0678. The number of nitriles is 1. The SMILES string of the molecule is N#CCNC(=O)CCCOc1ccccc1. The molecule has 1 aromatic carbocycles. The first kappa shape index (κ1) is 12.1. The number of rotatable bonds is 6. The van der Waals surface area contributed by atoms with Gasteiger partial charge >= 0.3 is 0 Å². The fourth-order valence-electron chi connectivity index (χ4n) is 1.17. The molecule has 0 saturated carbocycles. The van der Waals surface area contributed by atoms with Crippen LogP contribution in [0.4, 0.5) is 0 Å². The summed E-state index contributed by atoms with van der Waals surface area (Å²) >= 11 is 0. The standard InChI is InChI=1S/C12H14N2O2/c13-8-9-14-12(15)7-4-10-16-11-5-2-1-3-6-11/h1-3,5-6H,4,7,9-10H2,(H,14,15). The zero-order chi connectivity index (χ0) is 11.6. The first-order valence-corrected chi connectivity index (χ1v) is 5.14. The lowest BCUT2D eigenvalue weighted by atomic mass is 10.3. The Morgan fingerprint density at radius 1 is 1.38 bits per heavy atom. The molecule has 0 radical (unpaired) electrons. The Labute approximate surface area is 94.8 Å². The summed E-state index contributed by atoms with van der Waals surface area (Å²) in [4.78, 5) is 11.1. The van der Waals surface area contributed by atoms with Crippen LogP contribution in [0.25, 0.3) is 0 Å². The Morgan fingerprint density at radius 3 is 2.81 bits per heavy atom. The van der Waals surface area contributed by atoms with Crippen molar-refractivity contribution in [3.63, 3.8) is 0 Å². The maximum atomic E-state index is 11.1. The van der Waals surface area contributed by atoms with Crippen molar-refractivity contribution in [2.24, 2.45) is 0 Å². The van der Waals surface area contributed by atoms with Gasteiger partial charge in [-0.3, -0.25) is 4.79 Å². The zero-order valence-electron chi connectivity index (χ0n) is 8.98. The van der Waals surface area contributed by atoms with Gasteiger partial charge in [0, 0.05) is 6.42 Å². The van der Waals surface area contributed by atoms with Gasteiger partial charge in [0.15, 0.2) is 0 Å². The molecule has 4 nitrogen and oxygen atoms in total. The van der Waals surface area contributed by atoms with Gasteiger partial charge in [-0.25, -0.2) is 0 Å². The fraction of sp³-hybridized carbons (Fsp3) is 0.333. The van der Waals surface area contributed by atoms with Gasteiger partial charge in [-0.05, 0) is 18.6 Å². The molecular formula is C12H14N2O2. The van der Waals surface area contributed by atoms with E-state index in [9.17, 15) is 4.79 Å². The van der Waals surface area contributed by atoms with Crippen molar-refractivity contribution in [3.05, 3.63) is 30.3 Å². The molecular weight excluding hydrogens is 204 g/mol. The number of benzene rings is 1. The highest BCUT2D eigenvalue weighted by Gasteiger charge is 1.99. The third-order valence-corrected chi connectivity index (χ3v) is 1.92. The number of nitrogens with zero attached hydrogens (tertiary/aromatic N) is 1. The number of hydrogen-bond acceptors (Lipinski definition) is 3. The summed E-state index contributed by atoms with van der Waals surface area (Å²) in [5.74, 6) is 0.693. The lowest BCUT2D eigenvalue weighted by molar-refractivity contribution is -0.121. The van der Waals surface area contributed by atoms with Crippen LogP contribution in [0, 0.1) is 11.3 Å². The minimum Gasteiger partial charge on any atom is -0.494 e. The van der Waals surface area contributed by atoms with E-state index in [0.29, 0.717) is 19.4 Å². The molecule has 0 aromatic heterocycles. The smallest absolute Gasteiger partial charge is 0.220 e. The molecule has 84 valence electrons. The van der Waals surface area contributed by atoms with Gasteiger partial charge in [0.25, 0.3) is 0 Å². The molecule has 0 spiro atoms. The Bertz CT molecular complexity index is 357. The predicted octanol–water partition coefficient (Wildman–Crippen LogP) is 1.49. The highest BCUT2D eigenvalue weighted by molar-refractivity contribution is 5.76. The van der Waals surface area contributed by atoms with Crippen LogP contribution < -0.4 is 10.1 Å². The Hall–Kier alpha value is -2.02. The van der Waals surface area contributed by atoms with Crippen LogP contribution in [0.1, 0.15) is 12.8 Å². The Balaban J connectivity index is 2.08. The number of carbonyl (C=O) groups excluding carboxylic acids is 1. The van der Waals surface area contributed by atoms with Gasteiger partial charge in [-0.1, -0.05) is 18.2 Å². The van der Waals surface area contributed by atoms with Crippen LogP contribution >= 0.6 is 0 Å². The van der Waals surface area contributed by atoms with Crippen molar-refractivity contribution in [1.29, 1.82) is 5.26 Å². The van der Waals surface area contributed by atoms with Crippen LogP contribution in [0.3, 0.4) is 0 Å². The second-order valence-electron chi connectivity index (χ2n) is 3.20. The fourth-order valence-corrected chi connectivity index (χ4v) is 1.17. The number of amides is 1. The second kappa shape index (κ2) is 7.30. The van der Waals surface area contributed by atoms with Crippen molar-refractivity contribution in [2.75, 3.05) is 13.2 Å². The van der Waals surface area contributed by atoms with E-state index in [1.54, 1.807) is 0 Å². The molecule has 16 heavy (non-hydrogen) atoms. The summed E-state index contributed by atoms with van der Waals surface area (Å²) in [6, 6.07) is 11.3. The van der Waals surface area contributed by atoms with E-state index in [1.807, 2.05) is 36.4 Å². The summed E-state index contributed by atoms with van der Waals surface area (Å²) < 4.78 is 5.42. The third-order valence-electron chi connectivity index (χ3n) is 1.92. The number of hydrogen-bond donors (Lipinski definition) is 1. The van der Waals surface area contributed by atoms with Crippen molar-refractivity contribution in [2.45, 2.75) is 12.8 Å². The van der Waals surface area contributed by atoms with Gasteiger partial charge in [0.2, 0.25) is 5.91 Å². The minimum atomic E-state index is -0.113. The summed E-state index contributed by atoms with van der Waals surface area (Å²) in [6.07, 6.45) is 1.03. The molecule has 0 unspecified atom stereocenters. The molecule has 1 rings (SSSR count). The van der Waals surface area contributed by atoms with Crippen molar-refractivity contribution >= 4 is 5.91 Å². The average Bonchev–Trinajstić information content (AvgIpc) is 2.33. The molecule has 1 aromatic rings. The van der Waals surface area contributed by atoms with Crippen LogP contribution in [0.15, 0.2) is 30.3 Å². The number of ether oxygens (including phenoxy) is 1. The Kier molecular flexibility index (Phi) is 5.49. The number of para-hydroxylation sites is 1. The molecule has 4 heteroatoms. The van der Waals surface area contributed by atoms with Gasteiger partial charge in [-0.2, -0.15) is 5.26 Å². The van der Waals surface area contributed by atoms with Gasteiger partial charge in [0.1, 0.15) is 12.3 Å². The third kappa shape index (κ3) is 5.01. The first-order chi connectivity index (χ1) is 7.83. The number of nitrogens with one attached hydrogen (secondary N) is 1. The van der Waals surface area contributed by atoms with E-state index in [-0.39, 0.29) is 12.5 Å². The van der Waals surface area contributed by atoms with Crippen molar-refractivity contribution < 1.29 is 9.53 Å². The van der Waals surface area contributed by atoms with Crippen molar-refractivity contribution in [3.8, 4) is 11.8 Å².